The first-order valence-electron chi connectivity index (χ1n) is 9.22. The predicted octanol–water partition coefficient (Wildman–Crippen LogP) is 3.98. The van der Waals surface area contributed by atoms with Crippen LogP contribution in [0.2, 0.25) is 0 Å². The topological polar surface area (TPSA) is 76.1 Å². The molecular formula is C20H26N4O2. The summed E-state index contributed by atoms with van der Waals surface area (Å²) in [6, 6.07) is 5.71. The van der Waals surface area contributed by atoms with Crippen molar-refractivity contribution in [2.45, 2.75) is 52.1 Å². The van der Waals surface area contributed by atoms with Crippen LogP contribution in [-0.4, -0.2) is 29.3 Å². The average molecular weight is 354 g/mol. The number of imidazole rings is 1. The zero-order valence-electron chi connectivity index (χ0n) is 15.2. The van der Waals surface area contributed by atoms with Gasteiger partial charge >= 0.3 is 0 Å². The second-order valence-corrected chi connectivity index (χ2v) is 6.48. The normalized spacial score (nSPS) is 11.1. The van der Waals surface area contributed by atoms with E-state index in [1.165, 1.54) is 0 Å². The van der Waals surface area contributed by atoms with Crippen molar-refractivity contribution >= 4 is 0 Å². The molecule has 0 fully saturated rings. The molecule has 0 spiro atoms. The summed E-state index contributed by atoms with van der Waals surface area (Å²) in [6.45, 7) is 3.54. The van der Waals surface area contributed by atoms with Crippen LogP contribution in [0.4, 0.5) is 0 Å². The van der Waals surface area contributed by atoms with Gasteiger partial charge in [-0.1, -0.05) is 25.8 Å². The van der Waals surface area contributed by atoms with Crippen molar-refractivity contribution < 1.29 is 10.2 Å². The molecule has 3 heterocycles. The molecule has 0 radical (unpaired) electrons. The van der Waals surface area contributed by atoms with Crippen molar-refractivity contribution in [3.8, 4) is 23.0 Å². The van der Waals surface area contributed by atoms with Crippen LogP contribution in [0, 0.1) is 0 Å². The molecule has 0 aliphatic carbocycles. The van der Waals surface area contributed by atoms with Gasteiger partial charge in [-0.3, -0.25) is 4.98 Å². The van der Waals surface area contributed by atoms with E-state index in [9.17, 15) is 10.2 Å². The number of pyridine rings is 1. The van der Waals surface area contributed by atoms with Crippen molar-refractivity contribution in [2.24, 2.45) is 0 Å². The quantitative estimate of drug-likeness (QED) is 0.570. The van der Waals surface area contributed by atoms with Crippen LogP contribution in [0.5, 0.6) is 11.6 Å². The standard InChI is InChI=1S/C20H26N4O2/c1-2-3-4-8-16-18(17-9-5-6-10-22-17)24(20(26)19(16)25)13-7-12-23-14-11-21-15-23/h5-6,9-11,14-15,25-26H,2-4,7-8,12-13H2,1H3. The third kappa shape index (κ3) is 3.90. The van der Waals surface area contributed by atoms with Gasteiger partial charge in [-0.2, -0.15) is 0 Å². The minimum atomic E-state index is -0.0669. The summed E-state index contributed by atoms with van der Waals surface area (Å²) in [6.07, 6.45) is 11.9. The summed E-state index contributed by atoms with van der Waals surface area (Å²) >= 11 is 0. The molecule has 3 aromatic rings. The fourth-order valence-corrected chi connectivity index (χ4v) is 3.28. The number of aromatic nitrogens is 4. The summed E-state index contributed by atoms with van der Waals surface area (Å²) in [7, 11) is 0. The highest BCUT2D eigenvalue weighted by atomic mass is 16.3. The first kappa shape index (κ1) is 18.0. The summed E-state index contributed by atoms with van der Waals surface area (Å²) in [5.74, 6) is -0.0767. The summed E-state index contributed by atoms with van der Waals surface area (Å²) in [5, 5.41) is 21.1. The van der Waals surface area contributed by atoms with Gasteiger partial charge in [-0.15, -0.1) is 0 Å². The van der Waals surface area contributed by atoms with Crippen LogP contribution in [0.25, 0.3) is 11.4 Å². The van der Waals surface area contributed by atoms with Crippen LogP contribution in [0.15, 0.2) is 43.1 Å². The molecule has 26 heavy (non-hydrogen) atoms. The number of aryl methyl sites for hydroxylation is 1. The van der Waals surface area contributed by atoms with Crippen molar-refractivity contribution in [3.63, 3.8) is 0 Å². The van der Waals surface area contributed by atoms with E-state index in [4.69, 9.17) is 0 Å². The summed E-state index contributed by atoms with van der Waals surface area (Å²) in [4.78, 5) is 8.50. The second kappa shape index (κ2) is 8.56. The molecule has 0 atom stereocenters. The molecule has 0 aliphatic rings. The molecule has 0 bridgehead atoms. The van der Waals surface area contributed by atoms with Crippen molar-refractivity contribution in [2.75, 3.05) is 0 Å². The van der Waals surface area contributed by atoms with Crippen molar-refractivity contribution in [1.29, 1.82) is 0 Å². The number of nitrogens with zero attached hydrogens (tertiary/aromatic N) is 4. The van der Waals surface area contributed by atoms with E-state index >= 15 is 0 Å². The Hall–Kier alpha value is -2.76. The van der Waals surface area contributed by atoms with Crippen LogP contribution < -0.4 is 0 Å². The van der Waals surface area contributed by atoms with Crippen LogP contribution in [0.3, 0.4) is 0 Å². The Kier molecular flexibility index (Phi) is 5.94. The molecule has 0 aliphatic heterocycles. The van der Waals surface area contributed by atoms with Gasteiger partial charge in [0.15, 0.2) is 5.75 Å². The number of unbranched alkanes of at least 4 members (excludes halogenated alkanes) is 2. The second-order valence-electron chi connectivity index (χ2n) is 6.48. The minimum absolute atomic E-state index is 0.00983. The summed E-state index contributed by atoms with van der Waals surface area (Å²) in [5.41, 5.74) is 2.39. The lowest BCUT2D eigenvalue weighted by Crippen LogP contribution is -2.05. The van der Waals surface area contributed by atoms with Gasteiger partial charge in [0.2, 0.25) is 5.88 Å². The van der Waals surface area contributed by atoms with E-state index in [0.717, 1.165) is 55.6 Å². The molecule has 3 rings (SSSR count). The highest BCUT2D eigenvalue weighted by molar-refractivity contribution is 5.68. The van der Waals surface area contributed by atoms with Crippen molar-refractivity contribution in [3.05, 3.63) is 48.7 Å². The molecule has 2 N–H and O–H groups in total. The van der Waals surface area contributed by atoms with Gasteiger partial charge in [0.05, 0.1) is 17.7 Å². The van der Waals surface area contributed by atoms with Gasteiger partial charge in [0.25, 0.3) is 0 Å². The molecule has 3 aromatic heterocycles. The maximum absolute atomic E-state index is 10.5. The Bertz CT molecular complexity index is 810. The van der Waals surface area contributed by atoms with Crippen LogP contribution in [-0.2, 0) is 19.5 Å². The molecule has 138 valence electrons. The molecule has 0 saturated carbocycles. The Morgan fingerprint density at radius 3 is 2.62 bits per heavy atom. The molecule has 0 unspecified atom stereocenters. The zero-order chi connectivity index (χ0) is 18.4. The lowest BCUT2D eigenvalue weighted by molar-refractivity contribution is 0.367. The largest absolute Gasteiger partial charge is 0.503 e. The average Bonchev–Trinajstić information content (AvgIpc) is 3.26. The zero-order valence-corrected chi connectivity index (χ0v) is 15.2. The predicted molar refractivity (Wildman–Crippen MR) is 101 cm³/mol. The maximum Gasteiger partial charge on any atom is 0.235 e. The van der Waals surface area contributed by atoms with Crippen LogP contribution in [0.1, 0.15) is 38.2 Å². The third-order valence-electron chi connectivity index (χ3n) is 4.60. The molecule has 0 amide bonds. The Labute approximate surface area is 153 Å². The molecule has 0 aromatic carbocycles. The van der Waals surface area contributed by atoms with E-state index in [1.807, 2.05) is 29.0 Å². The number of aromatic hydroxyl groups is 2. The highest BCUT2D eigenvalue weighted by Crippen LogP contribution is 2.41. The molecular weight excluding hydrogens is 328 g/mol. The lowest BCUT2D eigenvalue weighted by atomic mass is 10.0. The monoisotopic (exact) mass is 354 g/mol. The smallest absolute Gasteiger partial charge is 0.235 e. The van der Waals surface area contributed by atoms with Gasteiger partial charge in [-0.25, -0.2) is 4.98 Å². The molecule has 0 saturated heterocycles. The molecule has 6 nitrogen and oxygen atoms in total. The van der Waals surface area contributed by atoms with Gasteiger partial charge in [0.1, 0.15) is 0 Å². The summed E-state index contributed by atoms with van der Waals surface area (Å²) < 4.78 is 3.79. The third-order valence-corrected chi connectivity index (χ3v) is 4.60. The van der Waals surface area contributed by atoms with E-state index in [-0.39, 0.29) is 11.6 Å². The Balaban J connectivity index is 1.89. The van der Waals surface area contributed by atoms with Crippen LogP contribution >= 0.6 is 0 Å². The SMILES string of the molecule is CCCCCc1c(O)c(O)n(CCCn2ccnc2)c1-c1ccccn1. The van der Waals surface area contributed by atoms with E-state index in [1.54, 1.807) is 23.3 Å². The first-order chi connectivity index (χ1) is 12.7. The lowest BCUT2D eigenvalue weighted by Gasteiger charge is -2.12. The van der Waals surface area contributed by atoms with Crippen molar-refractivity contribution in [1.82, 2.24) is 19.1 Å². The highest BCUT2D eigenvalue weighted by Gasteiger charge is 2.23. The number of hydrogen-bond acceptors (Lipinski definition) is 4. The van der Waals surface area contributed by atoms with E-state index in [0.29, 0.717) is 6.54 Å². The van der Waals surface area contributed by atoms with Gasteiger partial charge in [0, 0.05) is 37.2 Å². The minimum Gasteiger partial charge on any atom is -0.503 e. The Morgan fingerprint density at radius 1 is 1.04 bits per heavy atom. The van der Waals surface area contributed by atoms with Gasteiger partial charge in [-0.05, 0) is 31.4 Å². The fraction of sp³-hybridized carbons (Fsp3) is 0.400. The van der Waals surface area contributed by atoms with Gasteiger partial charge < -0.3 is 19.3 Å². The first-order valence-corrected chi connectivity index (χ1v) is 9.22. The Morgan fingerprint density at radius 2 is 1.92 bits per heavy atom. The van der Waals surface area contributed by atoms with E-state index in [2.05, 4.69) is 16.9 Å². The fourth-order valence-electron chi connectivity index (χ4n) is 3.28. The number of hydrogen-bond donors (Lipinski definition) is 2. The maximum atomic E-state index is 10.5. The molecule has 6 heteroatoms. The van der Waals surface area contributed by atoms with E-state index < -0.39 is 0 Å². The number of rotatable bonds is 9.